The molecule has 9 heteroatoms. The Bertz CT molecular complexity index is 1140. The summed E-state index contributed by atoms with van der Waals surface area (Å²) >= 11 is 0. The normalized spacial score (nSPS) is 19.1. The standard InChI is InChI=1S/C63H123NO8/c1-3-5-7-9-11-13-15-17-19-20-21-22-23-24-25-26-27-28-29-30-31-32-33-34-35-36-37-38-39-41-43-45-47-49-51-53-59(67)64-56(55-71-63-62(70)61(69)60(68)58(54-65)72-63)57(66)52-50-48-46-44-42-40-18-16-14-12-10-8-6-4-2/h20-21,56-58,60-63,65-66,68-70H,3-19,22-55H2,1-2H3,(H,64,67)/b21-20-. The smallest absolute Gasteiger partial charge is 0.220 e. The van der Waals surface area contributed by atoms with Crippen LogP contribution in [0.25, 0.3) is 0 Å². The first-order valence-corrected chi connectivity index (χ1v) is 31.9. The van der Waals surface area contributed by atoms with Crippen molar-refractivity contribution in [3.63, 3.8) is 0 Å². The van der Waals surface area contributed by atoms with Gasteiger partial charge in [-0.25, -0.2) is 0 Å². The molecule has 7 atom stereocenters. The minimum atomic E-state index is -1.55. The summed E-state index contributed by atoms with van der Waals surface area (Å²) in [5.41, 5.74) is 0. The van der Waals surface area contributed by atoms with Crippen LogP contribution in [-0.2, 0) is 14.3 Å². The molecule has 0 aromatic carbocycles. The maximum absolute atomic E-state index is 13.1. The van der Waals surface area contributed by atoms with E-state index in [0.717, 1.165) is 38.5 Å². The number of hydrogen-bond donors (Lipinski definition) is 6. The van der Waals surface area contributed by atoms with Crippen LogP contribution in [0.3, 0.4) is 0 Å². The summed E-state index contributed by atoms with van der Waals surface area (Å²) in [6, 6.07) is -0.714. The maximum atomic E-state index is 13.1. The van der Waals surface area contributed by atoms with Gasteiger partial charge < -0.3 is 40.3 Å². The second-order valence-electron chi connectivity index (χ2n) is 22.6. The van der Waals surface area contributed by atoms with Gasteiger partial charge in [-0.05, 0) is 38.5 Å². The Morgan fingerprint density at radius 3 is 1.12 bits per heavy atom. The van der Waals surface area contributed by atoms with E-state index in [1.54, 1.807) is 0 Å². The molecule has 0 spiro atoms. The van der Waals surface area contributed by atoms with Crippen molar-refractivity contribution in [3.05, 3.63) is 12.2 Å². The molecule has 0 bridgehead atoms. The van der Waals surface area contributed by atoms with Gasteiger partial charge in [0.05, 0.1) is 25.4 Å². The lowest BCUT2D eigenvalue weighted by Gasteiger charge is -2.40. The van der Waals surface area contributed by atoms with Gasteiger partial charge in [0.15, 0.2) is 6.29 Å². The Labute approximate surface area is 446 Å². The lowest BCUT2D eigenvalue weighted by Crippen LogP contribution is -2.60. The SMILES string of the molecule is CCCCCCCCCC/C=C\CCCCCCCCCCCCCCCCCCCCCCCCCC(=O)NC(COC1OC(CO)C(O)C(O)C1O)C(O)CCCCCCCCCCCCCCCC. The topological polar surface area (TPSA) is 149 Å². The molecule has 1 heterocycles. The third-order valence-electron chi connectivity index (χ3n) is 15.6. The van der Waals surface area contributed by atoms with Crippen LogP contribution in [0, 0.1) is 0 Å². The maximum Gasteiger partial charge on any atom is 0.220 e. The van der Waals surface area contributed by atoms with Gasteiger partial charge in [-0.1, -0.05) is 296 Å². The second kappa shape index (κ2) is 53.3. The summed E-state index contributed by atoms with van der Waals surface area (Å²) < 4.78 is 11.3. The molecule has 6 N–H and O–H groups in total. The van der Waals surface area contributed by atoms with E-state index in [4.69, 9.17) is 9.47 Å². The van der Waals surface area contributed by atoms with Gasteiger partial charge >= 0.3 is 0 Å². The van der Waals surface area contributed by atoms with Crippen molar-refractivity contribution in [2.75, 3.05) is 13.2 Å². The fraction of sp³-hybridized carbons (Fsp3) is 0.952. The minimum Gasteiger partial charge on any atom is -0.394 e. The summed E-state index contributed by atoms with van der Waals surface area (Å²) in [4.78, 5) is 13.1. The van der Waals surface area contributed by atoms with Crippen molar-refractivity contribution in [1.29, 1.82) is 0 Å². The first kappa shape index (κ1) is 68.9. The lowest BCUT2D eigenvalue weighted by molar-refractivity contribution is -0.302. The summed E-state index contributed by atoms with van der Waals surface area (Å²) in [6.45, 7) is 3.87. The molecular weight excluding hydrogens is 899 g/mol. The number of rotatable bonds is 56. The highest BCUT2D eigenvalue weighted by Gasteiger charge is 2.44. The van der Waals surface area contributed by atoms with Crippen molar-refractivity contribution in [2.45, 2.75) is 371 Å². The number of aliphatic hydroxyl groups excluding tert-OH is 5. The Balaban J connectivity index is 2.05. The van der Waals surface area contributed by atoms with Crippen LogP contribution in [-0.4, -0.2) is 87.5 Å². The molecule has 7 unspecified atom stereocenters. The van der Waals surface area contributed by atoms with E-state index in [2.05, 4.69) is 31.3 Å². The molecule has 0 aromatic heterocycles. The molecule has 1 fully saturated rings. The molecule has 1 aliphatic heterocycles. The van der Waals surface area contributed by atoms with Crippen molar-refractivity contribution in [2.24, 2.45) is 0 Å². The summed E-state index contributed by atoms with van der Waals surface area (Å²) in [6.07, 6.45) is 59.9. The number of allylic oxidation sites excluding steroid dienone is 2. The van der Waals surface area contributed by atoms with Crippen LogP contribution >= 0.6 is 0 Å². The predicted molar refractivity (Wildman–Crippen MR) is 304 cm³/mol. The van der Waals surface area contributed by atoms with Crippen LogP contribution in [0.2, 0.25) is 0 Å². The first-order chi connectivity index (χ1) is 35.3. The molecule has 1 rings (SSSR count). The van der Waals surface area contributed by atoms with Crippen LogP contribution in [0.5, 0.6) is 0 Å². The van der Waals surface area contributed by atoms with E-state index in [1.165, 1.54) is 263 Å². The van der Waals surface area contributed by atoms with Crippen molar-refractivity contribution in [3.8, 4) is 0 Å². The summed E-state index contributed by atoms with van der Waals surface area (Å²) in [5, 5.41) is 54.7. The fourth-order valence-corrected chi connectivity index (χ4v) is 10.6. The second-order valence-corrected chi connectivity index (χ2v) is 22.6. The van der Waals surface area contributed by atoms with Crippen LogP contribution in [0.4, 0.5) is 0 Å². The van der Waals surface area contributed by atoms with Gasteiger partial charge in [0, 0.05) is 6.42 Å². The molecule has 0 aromatic rings. The Kier molecular flexibility index (Phi) is 51.1. The quantitative estimate of drug-likeness (QED) is 0.0261. The first-order valence-electron chi connectivity index (χ1n) is 31.9. The van der Waals surface area contributed by atoms with E-state index < -0.39 is 49.5 Å². The Morgan fingerprint density at radius 2 is 0.778 bits per heavy atom. The number of amides is 1. The van der Waals surface area contributed by atoms with Gasteiger partial charge in [-0.2, -0.15) is 0 Å². The predicted octanol–water partition coefficient (Wildman–Crippen LogP) is 16.4. The number of aliphatic hydroxyl groups is 5. The van der Waals surface area contributed by atoms with Crippen molar-refractivity contribution in [1.82, 2.24) is 5.32 Å². The highest BCUT2D eigenvalue weighted by Crippen LogP contribution is 2.24. The largest absolute Gasteiger partial charge is 0.394 e. The number of nitrogens with one attached hydrogen (secondary N) is 1. The average molecular weight is 1020 g/mol. The summed E-state index contributed by atoms with van der Waals surface area (Å²) in [5.74, 6) is -0.137. The van der Waals surface area contributed by atoms with Gasteiger partial charge in [-0.3, -0.25) is 4.79 Å². The molecule has 0 saturated carbocycles. The third kappa shape index (κ3) is 42.1. The van der Waals surface area contributed by atoms with Gasteiger partial charge in [0.25, 0.3) is 0 Å². The zero-order chi connectivity index (χ0) is 52.2. The molecule has 1 amide bonds. The zero-order valence-electron chi connectivity index (χ0n) is 47.7. The molecule has 1 saturated heterocycles. The van der Waals surface area contributed by atoms with E-state index in [-0.39, 0.29) is 12.5 Å². The summed E-state index contributed by atoms with van der Waals surface area (Å²) in [7, 11) is 0. The van der Waals surface area contributed by atoms with Gasteiger partial charge in [0.2, 0.25) is 5.91 Å². The van der Waals surface area contributed by atoms with E-state index in [9.17, 15) is 30.3 Å². The van der Waals surface area contributed by atoms with Gasteiger partial charge in [-0.15, -0.1) is 0 Å². The number of unbranched alkanes of at least 4 members (excludes halogenated alkanes) is 44. The highest BCUT2D eigenvalue weighted by molar-refractivity contribution is 5.76. The van der Waals surface area contributed by atoms with Crippen LogP contribution in [0.15, 0.2) is 12.2 Å². The molecule has 0 radical (unpaired) electrons. The number of carbonyl (C=O) groups excluding carboxylic acids is 1. The van der Waals surface area contributed by atoms with E-state index in [1.807, 2.05) is 0 Å². The monoisotopic (exact) mass is 1020 g/mol. The zero-order valence-corrected chi connectivity index (χ0v) is 47.7. The molecule has 0 aliphatic carbocycles. The molecule has 1 aliphatic rings. The van der Waals surface area contributed by atoms with E-state index in [0.29, 0.717) is 12.8 Å². The molecule has 428 valence electrons. The highest BCUT2D eigenvalue weighted by atomic mass is 16.7. The number of ether oxygens (including phenoxy) is 2. The van der Waals surface area contributed by atoms with Crippen LogP contribution in [0.1, 0.15) is 328 Å². The third-order valence-corrected chi connectivity index (χ3v) is 15.6. The van der Waals surface area contributed by atoms with Crippen LogP contribution < -0.4 is 5.32 Å². The average Bonchev–Trinajstić information content (AvgIpc) is 3.38. The van der Waals surface area contributed by atoms with Crippen molar-refractivity contribution >= 4 is 5.91 Å². The van der Waals surface area contributed by atoms with Crippen molar-refractivity contribution < 1.29 is 39.8 Å². The lowest BCUT2D eigenvalue weighted by atomic mass is 9.99. The molecular formula is C63H123NO8. The Hall–Kier alpha value is -1.07. The van der Waals surface area contributed by atoms with Gasteiger partial charge in [0.1, 0.15) is 24.4 Å². The Morgan fingerprint density at radius 1 is 0.458 bits per heavy atom. The number of hydrogen-bond acceptors (Lipinski definition) is 8. The molecule has 9 nitrogen and oxygen atoms in total. The minimum absolute atomic E-state index is 0.132. The fourth-order valence-electron chi connectivity index (χ4n) is 10.6. The molecule has 72 heavy (non-hydrogen) atoms. The van der Waals surface area contributed by atoms with E-state index >= 15 is 0 Å². The number of carbonyl (C=O) groups is 1.